The lowest BCUT2D eigenvalue weighted by atomic mass is 9.65. The number of Topliss-reactive ketones (excluding diaryl/α,β-unsaturated/α-hetero) is 1. The molecule has 0 aromatic heterocycles. The number of ketones is 1. The van der Waals surface area contributed by atoms with Gasteiger partial charge in [-0.2, -0.15) is 0 Å². The fourth-order valence-electron chi connectivity index (χ4n) is 4.19. The maximum atomic E-state index is 11.5. The Labute approximate surface area is 106 Å². The summed E-state index contributed by atoms with van der Waals surface area (Å²) < 4.78 is 0. The topological polar surface area (TPSA) is 29.1 Å². The highest BCUT2D eigenvalue weighted by Gasteiger charge is 2.54. The van der Waals surface area contributed by atoms with Gasteiger partial charge in [-0.25, -0.2) is 0 Å². The predicted molar refractivity (Wildman–Crippen MR) is 70.9 cm³/mol. The molecular weight excluding hydrogens is 210 g/mol. The van der Waals surface area contributed by atoms with Gasteiger partial charge in [0.05, 0.1) is 6.04 Å². The second-order valence-corrected chi connectivity index (χ2v) is 6.56. The number of hydrogen-bond acceptors (Lipinski definition) is 2. The molecule has 2 heteroatoms. The summed E-state index contributed by atoms with van der Waals surface area (Å²) in [6, 6.07) is 0.0765. The Morgan fingerprint density at radius 2 is 1.82 bits per heavy atom. The normalized spacial score (nSPS) is 36.8. The molecule has 3 atom stereocenters. The van der Waals surface area contributed by atoms with Crippen molar-refractivity contribution in [1.29, 1.82) is 0 Å². The standard InChI is InChI=1S/C15H27NO/c1-10-7-13(9-14(16-4)12(3)17)8-11(2)15(10)5-6-15/h10-11,13-14,16H,5-9H2,1-4H3. The van der Waals surface area contributed by atoms with Crippen molar-refractivity contribution in [2.45, 2.75) is 58.9 Å². The van der Waals surface area contributed by atoms with E-state index in [9.17, 15) is 4.79 Å². The fourth-order valence-corrected chi connectivity index (χ4v) is 4.19. The van der Waals surface area contributed by atoms with Crippen LogP contribution in [0.2, 0.25) is 0 Å². The number of rotatable bonds is 4. The molecule has 1 N–H and O–H groups in total. The number of nitrogens with one attached hydrogen (secondary N) is 1. The minimum absolute atomic E-state index is 0.0765. The summed E-state index contributed by atoms with van der Waals surface area (Å²) >= 11 is 0. The van der Waals surface area contributed by atoms with Gasteiger partial charge in [0.15, 0.2) is 0 Å². The van der Waals surface area contributed by atoms with Gasteiger partial charge < -0.3 is 5.32 Å². The summed E-state index contributed by atoms with van der Waals surface area (Å²) in [5.74, 6) is 2.76. The molecule has 2 saturated carbocycles. The summed E-state index contributed by atoms with van der Waals surface area (Å²) in [5.41, 5.74) is 0.696. The number of carbonyl (C=O) groups is 1. The Morgan fingerprint density at radius 3 is 2.18 bits per heavy atom. The Bertz CT molecular complexity index is 281. The Morgan fingerprint density at radius 1 is 1.29 bits per heavy atom. The monoisotopic (exact) mass is 237 g/mol. The van der Waals surface area contributed by atoms with Crippen molar-refractivity contribution in [2.75, 3.05) is 7.05 Å². The van der Waals surface area contributed by atoms with Gasteiger partial charge in [0.25, 0.3) is 0 Å². The molecule has 0 heterocycles. The van der Waals surface area contributed by atoms with Crippen LogP contribution in [0.4, 0.5) is 0 Å². The van der Waals surface area contributed by atoms with Crippen molar-refractivity contribution in [2.24, 2.45) is 23.2 Å². The molecule has 98 valence electrons. The molecule has 2 aliphatic rings. The van der Waals surface area contributed by atoms with E-state index in [1.807, 2.05) is 7.05 Å². The van der Waals surface area contributed by atoms with E-state index in [0.717, 1.165) is 24.2 Å². The van der Waals surface area contributed by atoms with E-state index < -0.39 is 0 Å². The van der Waals surface area contributed by atoms with Gasteiger partial charge in [-0.05, 0) is 69.2 Å². The molecule has 0 aliphatic heterocycles. The van der Waals surface area contributed by atoms with Crippen LogP contribution in [0.1, 0.15) is 52.9 Å². The second kappa shape index (κ2) is 4.72. The maximum Gasteiger partial charge on any atom is 0.146 e. The molecule has 3 unspecified atom stereocenters. The summed E-state index contributed by atoms with van der Waals surface area (Å²) in [6.45, 7) is 6.56. The lowest BCUT2D eigenvalue weighted by Gasteiger charge is -2.40. The zero-order chi connectivity index (χ0) is 12.6. The molecule has 2 fully saturated rings. The van der Waals surface area contributed by atoms with Crippen molar-refractivity contribution in [1.82, 2.24) is 5.32 Å². The zero-order valence-corrected chi connectivity index (χ0v) is 11.8. The van der Waals surface area contributed by atoms with E-state index in [1.54, 1.807) is 6.92 Å². The van der Waals surface area contributed by atoms with Crippen molar-refractivity contribution >= 4 is 5.78 Å². The molecule has 2 nitrogen and oxygen atoms in total. The van der Waals surface area contributed by atoms with Crippen LogP contribution < -0.4 is 5.32 Å². The summed E-state index contributed by atoms with van der Waals surface area (Å²) in [4.78, 5) is 11.5. The fraction of sp³-hybridized carbons (Fsp3) is 0.933. The third-order valence-corrected chi connectivity index (χ3v) is 5.57. The Hall–Kier alpha value is -0.370. The third kappa shape index (κ3) is 2.42. The number of carbonyl (C=O) groups excluding carboxylic acids is 1. The molecular formula is C15H27NO. The molecule has 2 aliphatic carbocycles. The van der Waals surface area contributed by atoms with Crippen LogP contribution in [0.3, 0.4) is 0 Å². The predicted octanol–water partition coefficient (Wildman–Crippen LogP) is 3.02. The maximum absolute atomic E-state index is 11.5. The van der Waals surface area contributed by atoms with Gasteiger partial charge in [-0.15, -0.1) is 0 Å². The molecule has 0 radical (unpaired) electrons. The molecule has 17 heavy (non-hydrogen) atoms. The van der Waals surface area contributed by atoms with Gasteiger partial charge in [-0.1, -0.05) is 13.8 Å². The molecule has 0 bridgehead atoms. The van der Waals surface area contributed by atoms with Crippen molar-refractivity contribution in [3.05, 3.63) is 0 Å². The quantitative estimate of drug-likeness (QED) is 0.814. The Kier molecular flexibility index (Phi) is 3.63. The van der Waals surface area contributed by atoms with Gasteiger partial charge in [0, 0.05) is 0 Å². The van der Waals surface area contributed by atoms with E-state index in [1.165, 1.54) is 25.7 Å². The summed E-state index contributed by atoms with van der Waals surface area (Å²) in [6.07, 6.45) is 6.59. The highest BCUT2D eigenvalue weighted by Crippen LogP contribution is 2.63. The van der Waals surface area contributed by atoms with Crippen LogP contribution >= 0.6 is 0 Å². The van der Waals surface area contributed by atoms with Gasteiger partial charge in [0.1, 0.15) is 5.78 Å². The number of likely N-dealkylation sites (N-methyl/N-ethyl adjacent to an activating group) is 1. The van der Waals surface area contributed by atoms with Crippen LogP contribution in [0.5, 0.6) is 0 Å². The largest absolute Gasteiger partial charge is 0.311 e. The van der Waals surface area contributed by atoms with E-state index in [0.29, 0.717) is 11.2 Å². The van der Waals surface area contributed by atoms with E-state index in [2.05, 4.69) is 19.2 Å². The van der Waals surface area contributed by atoms with Crippen LogP contribution in [0, 0.1) is 23.2 Å². The SMILES string of the molecule is CNC(CC1CC(C)C2(CC2)C(C)C1)C(C)=O. The van der Waals surface area contributed by atoms with Crippen LogP contribution in [-0.4, -0.2) is 18.9 Å². The lowest BCUT2D eigenvalue weighted by molar-refractivity contribution is -0.119. The van der Waals surface area contributed by atoms with Crippen LogP contribution in [0.15, 0.2) is 0 Å². The lowest BCUT2D eigenvalue weighted by Crippen LogP contribution is -2.38. The second-order valence-electron chi connectivity index (χ2n) is 6.56. The van der Waals surface area contributed by atoms with Crippen molar-refractivity contribution < 1.29 is 4.79 Å². The van der Waals surface area contributed by atoms with Crippen LogP contribution in [-0.2, 0) is 4.79 Å². The molecule has 2 rings (SSSR count). The molecule has 0 amide bonds. The first-order valence-electron chi connectivity index (χ1n) is 7.17. The van der Waals surface area contributed by atoms with Gasteiger partial charge in [-0.3, -0.25) is 4.79 Å². The first kappa shape index (κ1) is 13.1. The van der Waals surface area contributed by atoms with Crippen LogP contribution in [0.25, 0.3) is 0 Å². The van der Waals surface area contributed by atoms with Crippen molar-refractivity contribution in [3.8, 4) is 0 Å². The first-order valence-corrected chi connectivity index (χ1v) is 7.17. The van der Waals surface area contributed by atoms with E-state index in [-0.39, 0.29) is 6.04 Å². The van der Waals surface area contributed by atoms with E-state index in [4.69, 9.17) is 0 Å². The molecule has 1 spiro atoms. The van der Waals surface area contributed by atoms with E-state index >= 15 is 0 Å². The summed E-state index contributed by atoms with van der Waals surface area (Å²) in [5, 5.41) is 3.17. The van der Waals surface area contributed by atoms with Gasteiger partial charge >= 0.3 is 0 Å². The minimum Gasteiger partial charge on any atom is -0.311 e. The highest BCUT2D eigenvalue weighted by molar-refractivity contribution is 5.81. The third-order valence-electron chi connectivity index (χ3n) is 5.57. The van der Waals surface area contributed by atoms with Gasteiger partial charge in [0.2, 0.25) is 0 Å². The Balaban J connectivity index is 1.93. The van der Waals surface area contributed by atoms with Crippen molar-refractivity contribution in [3.63, 3.8) is 0 Å². The average molecular weight is 237 g/mol. The highest BCUT2D eigenvalue weighted by atomic mass is 16.1. The smallest absolute Gasteiger partial charge is 0.146 e. The number of hydrogen-bond donors (Lipinski definition) is 1. The molecule has 0 aromatic carbocycles. The molecule has 0 saturated heterocycles. The average Bonchev–Trinajstić information content (AvgIpc) is 3.04. The molecule has 0 aromatic rings. The summed E-state index contributed by atoms with van der Waals surface area (Å²) in [7, 11) is 1.91. The first-order chi connectivity index (χ1) is 7.99. The zero-order valence-electron chi connectivity index (χ0n) is 11.8. The minimum atomic E-state index is 0.0765.